The molecule has 3 aromatic rings. The van der Waals surface area contributed by atoms with Crippen LogP contribution in [0.5, 0.6) is 5.75 Å². The van der Waals surface area contributed by atoms with Crippen molar-refractivity contribution in [2.45, 2.75) is 5.16 Å². The van der Waals surface area contributed by atoms with Gasteiger partial charge in [-0.15, -0.1) is 10.2 Å². The van der Waals surface area contributed by atoms with Crippen LogP contribution in [-0.4, -0.2) is 59.1 Å². The molecule has 0 aliphatic carbocycles. The van der Waals surface area contributed by atoms with E-state index in [-0.39, 0.29) is 5.75 Å². The molecular weight excluding hydrogens is 390 g/mol. The summed E-state index contributed by atoms with van der Waals surface area (Å²) in [4.78, 5) is 13.0. The molecule has 3 rings (SSSR count). The minimum Gasteiger partial charge on any atom is -0.496 e. The Hall–Kier alpha value is -3.33. The Morgan fingerprint density at radius 1 is 1.21 bits per heavy atom. The first-order valence-corrected chi connectivity index (χ1v) is 9.73. The Labute approximate surface area is 172 Å². The average Bonchev–Trinajstić information content (AvgIpc) is 3.13. The molecule has 0 saturated heterocycles. The largest absolute Gasteiger partial charge is 0.496 e. The lowest BCUT2D eigenvalue weighted by Crippen LogP contribution is -2.08. The molecule has 1 N–H and O–H groups in total. The second-order valence-electron chi connectivity index (χ2n) is 6.23. The van der Waals surface area contributed by atoms with Crippen LogP contribution in [0.15, 0.2) is 58.8 Å². The van der Waals surface area contributed by atoms with Crippen LogP contribution in [0.4, 0.5) is 5.69 Å². The van der Waals surface area contributed by atoms with E-state index < -0.39 is 5.97 Å². The molecule has 0 bridgehead atoms. The number of carboxylic acids is 1. The zero-order chi connectivity index (χ0) is 20.8. The molecule has 0 atom stereocenters. The van der Waals surface area contributed by atoms with Crippen LogP contribution >= 0.6 is 11.8 Å². The normalized spacial score (nSPS) is 11.0. The topological polar surface area (TPSA) is 92.8 Å². The maximum atomic E-state index is 11.0. The molecule has 0 radical (unpaired) electrons. The van der Waals surface area contributed by atoms with Crippen LogP contribution in [0.3, 0.4) is 0 Å². The number of nitrogens with zero attached hydrogens (tertiary/aromatic N) is 5. The van der Waals surface area contributed by atoms with Gasteiger partial charge in [0.05, 0.1) is 24.6 Å². The van der Waals surface area contributed by atoms with Gasteiger partial charge < -0.3 is 14.7 Å². The van der Waals surface area contributed by atoms with Gasteiger partial charge in [-0.05, 0) is 29.8 Å². The SMILES string of the molecule is COc1ccccc1-c1nnc(SCC(=O)O)n1/N=C\c1ccc(N(C)C)cc1. The molecule has 0 spiro atoms. The van der Waals surface area contributed by atoms with Crippen molar-refractivity contribution >= 4 is 29.6 Å². The van der Waals surface area contributed by atoms with Crippen LogP contribution in [0.2, 0.25) is 0 Å². The zero-order valence-corrected chi connectivity index (χ0v) is 17.1. The number of thioether (sulfide) groups is 1. The first-order valence-electron chi connectivity index (χ1n) is 8.74. The molecule has 0 saturated carbocycles. The van der Waals surface area contributed by atoms with E-state index in [0.717, 1.165) is 23.0 Å². The minimum atomic E-state index is -0.938. The molecule has 0 aliphatic heterocycles. The molecule has 9 heteroatoms. The van der Waals surface area contributed by atoms with E-state index in [1.54, 1.807) is 13.3 Å². The van der Waals surface area contributed by atoms with E-state index in [0.29, 0.717) is 22.3 Å². The number of para-hydroxylation sites is 1. The van der Waals surface area contributed by atoms with E-state index in [1.807, 2.05) is 67.5 Å². The molecule has 1 aromatic heterocycles. The van der Waals surface area contributed by atoms with Crippen molar-refractivity contribution in [2.75, 3.05) is 31.9 Å². The van der Waals surface area contributed by atoms with Gasteiger partial charge in [0, 0.05) is 19.8 Å². The predicted octanol–water partition coefficient (Wildman–Crippen LogP) is 3.08. The highest BCUT2D eigenvalue weighted by molar-refractivity contribution is 7.99. The number of methoxy groups -OCH3 is 1. The van der Waals surface area contributed by atoms with Gasteiger partial charge in [0.25, 0.3) is 0 Å². The van der Waals surface area contributed by atoms with Crippen molar-refractivity contribution in [3.8, 4) is 17.1 Å². The van der Waals surface area contributed by atoms with Crippen molar-refractivity contribution in [1.82, 2.24) is 14.9 Å². The third kappa shape index (κ3) is 4.94. The predicted molar refractivity (Wildman–Crippen MR) is 114 cm³/mol. The first-order chi connectivity index (χ1) is 14.0. The third-order valence-corrected chi connectivity index (χ3v) is 4.92. The number of ether oxygens (including phenoxy) is 1. The van der Waals surface area contributed by atoms with Gasteiger partial charge in [-0.2, -0.15) is 9.78 Å². The van der Waals surface area contributed by atoms with Crippen molar-refractivity contribution in [1.29, 1.82) is 0 Å². The summed E-state index contributed by atoms with van der Waals surface area (Å²) in [5.74, 6) is 0.0153. The number of hydrogen-bond acceptors (Lipinski definition) is 7. The van der Waals surface area contributed by atoms with Crippen LogP contribution in [0.25, 0.3) is 11.4 Å². The lowest BCUT2D eigenvalue weighted by Gasteiger charge is -2.11. The van der Waals surface area contributed by atoms with Gasteiger partial charge in [-0.25, -0.2) is 0 Å². The maximum Gasteiger partial charge on any atom is 0.313 e. The summed E-state index contributed by atoms with van der Waals surface area (Å²) in [5, 5.41) is 22.3. The quantitative estimate of drug-likeness (QED) is 0.450. The van der Waals surface area contributed by atoms with Crippen LogP contribution in [0, 0.1) is 0 Å². The molecule has 150 valence electrons. The summed E-state index contributed by atoms with van der Waals surface area (Å²) in [6.07, 6.45) is 1.69. The van der Waals surface area contributed by atoms with E-state index in [1.165, 1.54) is 4.68 Å². The molecule has 2 aromatic carbocycles. The summed E-state index contributed by atoms with van der Waals surface area (Å²) < 4.78 is 6.96. The lowest BCUT2D eigenvalue weighted by atomic mass is 10.2. The molecule has 8 nitrogen and oxygen atoms in total. The van der Waals surface area contributed by atoms with Gasteiger partial charge in [-0.3, -0.25) is 4.79 Å². The number of rotatable bonds is 8. The number of aromatic nitrogens is 3. The smallest absolute Gasteiger partial charge is 0.313 e. The van der Waals surface area contributed by atoms with E-state index in [2.05, 4.69) is 15.3 Å². The second kappa shape index (κ2) is 9.24. The summed E-state index contributed by atoms with van der Waals surface area (Å²) in [6, 6.07) is 15.3. The standard InChI is InChI=1S/C20H21N5O3S/c1-24(2)15-10-8-14(9-11-15)12-21-25-19(16-6-4-5-7-17(16)28-3)22-23-20(25)29-13-18(26)27/h4-12H,13H2,1-3H3,(H,26,27)/b21-12-. The summed E-state index contributed by atoms with van der Waals surface area (Å²) >= 11 is 1.05. The Morgan fingerprint density at radius 3 is 2.59 bits per heavy atom. The summed E-state index contributed by atoms with van der Waals surface area (Å²) in [5.41, 5.74) is 2.69. The monoisotopic (exact) mass is 411 g/mol. The van der Waals surface area contributed by atoms with Crippen molar-refractivity contribution in [2.24, 2.45) is 5.10 Å². The Kier molecular flexibility index (Phi) is 6.50. The minimum absolute atomic E-state index is 0.142. The number of benzene rings is 2. The van der Waals surface area contributed by atoms with Crippen LogP contribution in [0.1, 0.15) is 5.56 Å². The maximum absolute atomic E-state index is 11.0. The highest BCUT2D eigenvalue weighted by Gasteiger charge is 2.18. The number of carboxylic acid groups (broad SMARTS) is 1. The molecule has 0 fully saturated rings. The molecule has 0 amide bonds. The van der Waals surface area contributed by atoms with Crippen molar-refractivity contribution < 1.29 is 14.6 Å². The first kappa shape index (κ1) is 20.4. The number of carbonyl (C=O) groups is 1. The number of aliphatic carboxylic acids is 1. The number of anilines is 1. The molecule has 0 unspecified atom stereocenters. The Morgan fingerprint density at radius 2 is 1.93 bits per heavy atom. The fourth-order valence-corrected chi connectivity index (χ4v) is 3.17. The third-order valence-electron chi connectivity index (χ3n) is 4.02. The van der Waals surface area contributed by atoms with Crippen LogP contribution < -0.4 is 9.64 Å². The highest BCUT2D eigenvalue weighted by Crippen LogP contribution is 2.30. The van der Waals surface area contributed by atoms with E-state index >= 15 is 0 Å². The Bertz CT molecular complexity index is 1020. The van der Waals surface area contributed by atoms with E-state index in [4.69, 9.17) is 9.84 Å². The van der Waals surface area contributed by atoms with Gasteiger partial charge in [-0.1, -0.05) is 36.0 Å². The number of hydrogen-bond donors (Lipinski definition) is 1. The van der Waals surface area contributed by atoms with Crippen LogP contribution in [-0.2, 0) is 4.79 Å². The highest BCUT2D eigenvalue weighted by atomic mass is 32.2. The molecule has 1 heterocycles. The lowest BCUT2D eigenvalue weighted by molar-refractivity contribution is -0.133. The van der Waals surface area contributed by atoms with Gasteiger partial charge in [0.1, 0.15) is 5.75 Å². The zero-order valence-electron chi connectivity index (χ0n) is 16.3. The summed E-state index contributed by atoms with van der Waals surface area (Å²) in [6.45, 7) is 0. The summed E-state index contributed by atoms with van der Waals surface area (Å²) in [7, 11) is 5.53. The fourth-order valence-electron chi connectivity index (χ4n) is 2.57. The average molecular weight is 411 g/mol. The fraction of sp³-hybridized carbons (Fsp3) is 0.200. The molecule has 29 heavy (non-hydrogen) atoms. The second-order valence-corrected chi connectivity index (χ2v) is 7.17. The van der Waals surface area contributed by atoms with Gasteiger partial charge in [0.2, 0.25) is 5.16 Å². The van der Waals surface area contributed by atoms with Gasteiger partial charge >= 0.3 is 5.97 Å². The molecule has 0 aliphatic rings. The van der Waals surface area contributed by atoms with E-state index in [9.17, 15) is 4.79 Å². The van der Waals surface area contributed by atoms with Crippen molar-refractivity contribution in [3.05, 3.63) is 54.1 Å². The Balaban J connectivity index is 1.99. The van der Waals surface area contributed by atoms with Crippen molar-refractivity contribution in [3.63, 3.8) is 0 Å². The van der Waals surface area contributed by atoms with Gasteiger partial charge in [0.15, 0.2) is 5.82 Å². The molecular formula is C20H21N5O3S.